The Morgan fingerprint density at radius 1 is 1.42 bits per heavy atom. The summed E-state index contributed by atoms with van der Waals surface area (Å²) in [6, 6.07) is 2.26. The molecule has 2 fully saturated rings. The van der Waals surface area contributed by atoms with E-state index in [1.807, 2.05) is 4.90 Å². The minimum Gasteiger partial charge on any atom is -0.354 e. The van der Waals surface area contributed by atoms with Gasteiger partial charge in [0.15, 0.2) is 0 Å². The van der Waals surface area contributed by atoms with E-state index >= 15 is 0 Å². The van der Waals surface area contributed by atoms with Crippen LogP contribution in [0, 0.1) is 11.3 Å². The third-order valence-corrected chi connectivity index (χ3v) is 3.78. The molecule has 0 aromatic heterocycles. The Bertz CT molecular complexity index is 396. The van der Waals surface area contributed by atoms with Crippen molar-refractivity contribution in [1.29, 1.82) is 5.26 Å². The van der Waals surface area contributed by atoms with Gasteiger partial charge in [0.05, 0.1) is 19.2 Å². The number of nitriles is 1. The fourth-order valence-corrected chi connectivity index (χ4v) is 2.76. The van der Waals surface area contributed by atoms with Crippen molar-refractivity contribution in [3.05, 3.63) is 0 Å². The molecule has 104 valence electrons. The van der Waals surface area contributed by atoms with Crippen LogP contribution in [-0.2, 0) is 9.59 Å². The first-order valence-corrected chi connectivity index (χ1v) is 6.85. The number of rotatable bonds is 3. The molecule has 2 amide bonds. The Morgan fingerprint density at radius 2 is 2.16 bits per heavy atom. The molecule has 1 saturated carbocycles. The van der Waals surface area contributed by atoms with Crippen LogP contribution in [0.15, 0.2) is 0 Å². The number of hydrogen-bond donors (Lipinski definition) is 2. The second kappa shape index (κ2) is 6.02. The number of carbonyl (C=O) groups is 2. The van der Waals surface area contributed by atoms with Gasteiger partial charge in [-0.15, -0.1) is 0 Å². The van der Waals surface area contributed by atoms with Gasteiger partial charge in [-0.3, -0.25) is 14.5 Å². The van der Waals surface area contributed by atoms with Crippen LogP contribution in [0.25, 0.3) is 0 Å². The van der Waals surface area contributed by atoms with Gasteiger partial charge in [0.1, 0.15) is 5.54 Å². The van der Waals surface area contributed by atoms with E-state index in [2.05, 4.69) is 16.7 Å². The van der Waals surface area contributed by atoms with E-state index in [0.29, 0.717) is 13.1 Å². The zero-order valence-corrected chi connectivity index (χ0v) is 11.1. The summed E-state index contributed by atoms with van der Waals surface area (Å²) in [5.41, 5.74) is -0.687. The van der Waals surface area contributed by atoms with E-state index in [4.69, 9.17) is 0 Å². The number of hydrogen-bond acceptors (Lipinski definition) is 4. The molecule has 6 nitrogen and oxygen atoms in total. The third-order valence-electron chi connectivity index (χ3n) is 3.78. The van der Waals surface area contributed by atoms with Crippen LogP contribution in [0.4, 0.5) is 0 Å². The summed E-state index contributed by atoms with van der Waals surface area (Å²) >= 11 is 0. The van der Waals surface area contributed by atoms with Gasteiger partial charge in [-0.25, -0.2) is 0 Å². The van der Waals surface area contributed by atoms with E-state index in [0.717, 1.165) is 32.1 Å². The molecule has 1 heterocycles. The normalized spacial score (nSPS) is 23.2. The first-order valence-electron chi connectivity index (χ1n) is 6.85. The van der Waals surface area contributed by atoms with Crippen molar-refractivity contribution in [2.75, 3.05) is 26.2 Å². The summed E-state index contributed by atoms with van der Waals surface area (Å²) in [5.74, 6) is -0.204. The van der Waals surface area contributed by atoms with Gasteiger partial charge in [0.25, 0.3) is 0 Å². The van der Waals surface area contributed by atoms with E-state index in [-0.39, 0.29) is 24.9 Å². The average Bonchev–Trinajstić information content (AvgIpc) is 2.39. The summed E-state index contributed by atoms with van der Waals surface area (Å²) in [5, 5.41) is 14.9. The second-order valence-corrected chi connectivity index (χ2v) is 5.36. The summed E-state index contributed by atoms with van der Waals surface area (Å²) < 4.78 is 0. The fraction of sp³-hybridized carbons (Fsp3) is 0.769. The lowest BCUT2D eigenvalue weighted by Gasteiger charge is -2.33. The Kier molecular flexibility index (Phi) is 4.38. The maximum absolute atomic E-state index is 12.0. The SMILES string of the molecule is N#CC1(NC(=O)CN2CCNC(=O)C2)CCCCC1. The summed E-state index contributed by atoms with van der Waals surface area (Å²) in [6.07, 6.45) is 4.57. The molecule has 1 aliphatic carbocycles. The number of amides is 2. The van der Waals surface area contributed by atoms with Gasteiger partial charge in [0, 0.05) is 13.1 Å². The van der Waals surface area contributed by atoms with Crippen molar-refractivity contribution < 1.29 is 9.59 Å². The zero-order valence-electron chi connectivity index (χ0n) is 11.1. The predicted octanol–water partition coefficient (Wildman–Crippen LogP) is -0.239. The molecule has 0 radical (unpaired) electrons. The van der Waals surface area contributed by atoms with Crippen LogP contribution < -0.4 is 10.6 Å². The number of carbonyl (C=O) groups excluding carboxylic acids is 2. The maximum atomic E-state index is 12.0. The smallest absolute Gasteiger partial charge is 0.235 e. The molecule has 0 spiro atoms. The zero-order chi connectivity index (χ0) is 13.7. The van der Waals surface area contributed by atoms with Crippen LogP contribution in [0.5, 0.6) is 0 Å². The summed E-state index contributed by atoms with van der Waals surface area (Å²) in [4.78, 5) is 25.0. The molecule has 0 aromatic rings. The molecule has 6 heteroatoms. The van der Waals surface area contributed by atoms with Crippen LogP contribution in [0.1, 0.15) is 32.1 Å². The molecule has 2 aliphatic rings. The van der Waals surface area contributed by atoms with Crippen LogP contribution >= 0.6 is 0 Å². The molecule has 2 N–H and O–H groups in total. The number of nitrogens with one attached hydrogen (secondary N) is 2. The van der Waals surface area contributed by atoms with E-state index in [1.165, 1.54) is 0 Å². The lowest BCUT2D eigenvalue weighted by Crippen LogP contribution is -2.54. The second-order valence-electron chi connectivity index (χ2n) is 5.36. The van der Waals surface area contributed by atoms with Crippen molar-refractivity contribution in [1.82, 2.24) is 15.5 Å². The number of nitrogens with zero attached hydrogens (tertiary/aromatic N) is 2. The largest absolute Gasteiger partial charge is 0.354 e. The maximum Gasteiger partial charge on any atom is 0.235 e. The van der Waals surface area contributed by atoms with Gasteiger partial charge >= 0.3 is 0 Å². The minimum absolute atomic E-state index is 0.0493. The van der Waals surface area contributed by atoms with Crippen LogP contribution in [0.2, 0.25) is 0 Å². The van der Waals surface area contributed by atoms with Crippen molar-refractivity contribution in [2.24, 2.45) is 0 Å². The van der Waals surface area contributed by atoms with Crippen molar-refractivity contribution in [3.63, 3.8) is 0 Å². The van der Waals surface area contributed by atoms with Gasteiger partial charge in [-0.05, 0) is 12.8 Å². The highest BCUT2D eigenvalue weighted by Crippen LogP contribution is 2.27. The molecule has 1 aliphatic heterocycles. The lowest BCUT2D eigenvalue weighted by atomic mass is 9.83. The fourth-order valence-electron chi connectivity index (χ4n) is 2.76. The topological polar surface area (TPSA) is 85.2 Å². The van der Waals surface area contributed by atoms with Gasteiger partial charge in [0.2, 0.25) is 11.8 Å². The van der Waals surface area contributed by atoms with Crippen molar-refractivity contribution >= 4 is 11.8 Å². The first-order chi connectivity index (χ1) is 9.13. The number of piperazine rings is 1. The summed E-state index contributed by atoms with van der Waals surface area (Å²) in [7, 11) is 0. The molecule has 0 bridgehead atoms. The molecule has 1 saturated heterocycles. The molecule has 0 atom stereocenters. The standard InChI is InChI=1S/C13H20N4O2/c14-10-13(4-2-1-3-5-13)16-12(19)9-17-7-6-15-11(18)8-17/h1-9H2,(H,15,18)(H,16,19). The lowest BCUT2D eigenvalue weighted by molar-refractivity contribution is -0.127. The molecule has 2 rings (SSSR count). The average molecular weight is 264 g/mol. The van der Waals surface area contributed by atoms with Gasteiger partial charge in [-0.1, -0.05) is 19.3 Å². The van der Waals surface area contributed by atoms with Gasteiger partial charge < -0.3 is 10.6 Å². The van der Waals surface area contributed by atoms with Crippen molar-refractivity contribution in [3.8, 4) is 6.07 Å². The van der Waals surface area contributed by atoms with E-state index < -0.39 is 5.54 Å². The Balaban J connectivity index is 1.86. The molecular formula is C13H20N4O2. The highest BCUT2D eigenvalue weighted by Gasteiger charge is 2.34. The highest BCUT2D eigenvalue weighted by atomic mass is 16.2. The van der Waals surface area contributed by atoms with E-state index in [1.54, 1.807) is 0 Å². The summed E-state index contributed by atoms with van der Waals surface area (Å²) in [6.45, 7) is 1.71. The predicted molar refractivity (Wildman–Crippen MR) is 69.0 cm³/mol. The highest BCUT2D eigenvalue weighted by molar-refractivity contribution is 5.82. The van der Waals surface area contributed by atoms with Crippen molar-refractivity contribution in [2.45, 2.75) is 37.6 Å². The minimum atomic E-state index is -0.687. The molecule has 0 unspecified atom stereocenters. The van der Waals surface area contributed by atoms with E-state index in [9.17, 15) is 14.9 Å². The van der Waals surface area contributed by atoms with Crippen LogP contribution in [0.3, 0.4) is 0 Å². The third kappa shape index (κ3) is 3.67. The first kappa shape index (κ1) is 13.8. The Hall–Kier alpha value is -1.61. The molecule has 19 heavy (non-hydrogen) atoms. The van der Waals surface area contributed by atoms with Gasteiger partial charge in [-0.2, -0.15) is 5.26 Å². The molecule has 0 aromatic carbocycles. The molecular weight excluding hydrogens is 244 g/mol. The monoisotopic (exact) mass is 264 g/mol. The Morgan fingerprint density at radius 3 is 2.79 bits per heavy atom. The van der Waals surface area contributed by atoms with Crippen LogP contribution in [-0.4, -0.2) is 48.4 Å². The Labute approximate surface area is 113 Å². The quantitative estimate of drug-likeness (QED) is 0.737.